The molecule has 1 aromatic heterocycles. The van der Waals surface area contributed by atoms with Crippen LogP contribution >= 0.6 is 0 Å². The zero-order valence-electron chi connectivity index (χ0n) is 14.9. The fourth-order valence-electron chi connectivity index (χ4n) is 2.71. The molecule has 0 aliphatic carbocycles. The fraction of sp³-hybridized carbons (Fsp3) is 0.211. The third kappa shape index (κ3) is 4.00. The summed E-state index contributed by atoms with van der Waals surface area (Å²) in [6.07, 6.45) is -1.14. The van der Waals surface area contributed by atoms with Gasteiger partial charge in [0.15, 0.2) is 5.43 Å². The van der Waals surface area contributed by atoms with E-state index in [-0.39, 0.29) is 18.6 Å². The Bertz CT molecular complexity index is 993. The van der Waals surface area contributed by atoms with Crippen molar-refractivity contribution in [3.05, 3.63) is 46.6 Å². The van der Waals surface area contributed by atoms with E-state index in [9.17, 15) is 14.4 Å². The number of H-pyrrole nitrogens is 1. The van der Waals surface area contributed by atoms with Gasteiger partial charge in [0.1, 0.15) is 0 Å². The predicted octanol–water partition coefficient (Wildman–Crippen LogP) is 3.82. The first kappa shape index (κ1) is 18.2. The van der Waals surface area contributed by atoms with Gasteiger partial charge < -0.3 is 14.5 Å². The lowest BCUT2D eigenvalue weighted by molar-refractivity contribution is 0.167. The molecular formula is C19H19N3O5. The van der Waals surface area contributed by atoms with E-state index in [1.54, 1.807) is 50.2 Å². The molecule has 3 N–H and O–H groups in total. The van der Waals surface area contributed by atoms with Gasteiger partial charge in [0.05, 0.1) is 24.2 Å². The number of hydrogen-bond acceptors (Lipinski definition) is 5. The van der Waals surface area contributed by atoms with Crippen LogP contribution in [-0.4, -0.2) is 30.4 Å². The van der Waals surface area contributed by atoms with Crippen LogP contribution in [0.4, 0.5) is 21.0 Å². The molecule has 2 amide bonds. The molecule has 0 aliphatic rings. The number of rotatable bonds is 4. The van der Waals surface area contributed by atoms with E-state index < -0.39 is 12.2 Å². The average molecular weight is 369 g/mol. The van der Waals surface area contributed by atoms with Crippen LogP contribution in [-0.2, 0) is 9.47 Å². The molecule has 0 radical (unpaired) electrons. The Kier molecular flexibility index (Phi) is 5.25. The van der Waals surface area contributed by atoms with E-state index in [2.05, 4.69) is 15.6 Å². The van der Waals surface area contributed by atoms with Gasteiger partial charge in [-0.1, -0.05) is 0 Å². The second kappa shape index (κ2) is 7.77. The molecule has 0 bridgehead atoms. The van der Waals surface area contributed by atoms with Crippen LogP contribution in [0.5, 0.6) is 0 Å². The molecule has 0 unspecified atom stereocenters. The molecule has 0 saturated carbocycles. The summed E-state index contributed by atoms with van der Waals surface area (Å²) in [4.78, 5) is 39.0. The number of anilines is 2. The number of aromatic nitrogens is 1. The van der Waals surface area contributed by atoms with E-state index in [4.69, 9.17) is 9.47 Å². The summed E-state index contributed by atoms with van der Waals surface area (Å²) in [5.41, 5.74) is 1.95. The molecule has 0 saturated heterocycles. The second-order valence-corrected chi connectivity index (χ2v) is 5.67. The summed E-state index contributed by atoms with van der Waals surface area (Å²) in [6.45, 7) is 3.95. The van der Waals surface area contributed by atoms with Crippen molar-refractivity contribution in [1.82, 2.24) is 4.98 Å². The standard InChI is InChI=1S/C19H19N3O5/c1-3-26-18(24)20-11-5-7-13-15(9-11)22-16-10-12(21-19(25)27-4-2)6-8-14(16)17(13)23/h5-10H,3-4H2,1-2H3,(H,20,24)(H,21,25)(H,22,23). The summed E-state index contributed by atoms with van der Waals surface area (Å²) >= 11 is 0. The summed E-state index contributed by atoms with van der Waals surface area (Å²) in [7, 11) is 0. The number of nitrogens with one attached hydrogen (secondary N) is 3. The van der Waals surface area contributed by atoms with Gasteiger partial charge in [-0.3, -0.25) is 15.4 Å². The van der Waals surface area contributed by atoms with Crippen molar-refractivity contribution in [2.75, 3.05) is 23.8 Å². The highest BCUT2D eigenvalue weighted by molar-refractivity contribution is 5.97. The van der Waals surface area contributed by atoms with Gasteiger partial charge in [-0.2, -0.15) is 0 Å². The lowest BCUT2D eigenvalue weighted by Gasteiger charge is -2.09. The topological polar surface area (TPSA) is 110 Å². The van der Waals surface area contributed by atoms with Gasteiger partial charge in [0.2, 0.25) is 0 Å². The number of pyridine rings is 1. The first-order valence-corrected chi connectivity index (χ1v) is 8.49. The zero-order valence-corrected chi connectivity index (χ0v) is 14.9. The third-order valence-electron chi connectivity index (χ3n) is 3.84. The molecular weight excluding hydrogens is 350 g/mol. The average Bonchev–Trinajstić information content (AvgIpc) is 2.62. The van der Waals surface area contributed by atoms with Gasteiger partial charge >= 0.3 is 12.2 Å². The van der Waals surface area contributed by atoms with E-state index in [1.165, 1.54) is 0 Å². The molecule has 2 aromatic carbocycles. The van der Waals surface area contributed by atoms with Gasteiger partial charge in [0, 0.05) is 22.1 Å². The first-order valence-electron chi connectivity index (χ1n) is 8.49. The number of benzene rings is 2. The number of aromatic amines is 1. The van der Waals surface area contributed by atoms with Crippen LogP contribution in [0.2, 0.25) is 0 Å². The molecule has 0 fully saturated rings. The first-order chi connectivity index (χ1) is 13.0. The van der Waals surface area contributed by atoms with Crippen molar-refractivity contribution < 1.29 is 19.1 Å². The Morgan fingerprint density at radius 2 is 1.30 bits per heavy atom. The normalized spacial score (nSPS) is 10.6. The lowest BCUT2D eigenvalue weighted by atomic mass is 10.1. The molecule has 3 rings (SSSR count). The van der Waals surface area contributed by atoms with Crippen LogP contribution < -0.4 is 16.1 Å². The Morgan fingerprint density at radius 3 is 1.70 bits per heavy atom. The molecule has 140 valence electrons. The van der Waals surface area contributed by atoms with Gasteiger partial charge in [0.25, 0.3) is 0 Å². The number of amides is 2. The quantitative estimate of drug-likeness (QED) is 0.606. The van der Waals surface area contributed by atoms with E-state index in [0.717, 1.165) is 0 Å². The Morgan fingerprint density at radius 1 is 0.852 bits per heavy atom. The molecule has 0 spiro atoms. The van der Waals surface area contributed by atoms with Crippen LogP contribution in [0.15, 0.2) is 41.2 Å². The molecule has 8 nitrogen and oxygen atoms in total. The monoisotopic (exact) mass is 369 g/mol. The minimum atomic E-state index is -0.569. The van der Waals surface area contributed by atoms with Crippen LogP contribution in [0, 0.1) is 0 Å². The number of hydrogen-bond donors (Lipinski definition) is 3. The predicted molar refractivity (Wildman–Crippen MR) is 103 cm³/mol. The van der Waals surface area contributed by atoms with Gasteiger partial charge in [-0.15, -0.1) is 0 Å². The third-order valence-corrected chi connectivity index (χ3v) is 3.84. The SMILES string of the molecule is CCOC(=O)Nc1ccc2c(=O)c3ccc(NC(=O)OCC)cc3[nH]c2c1. The number of carbonyl (C=O) groups excluding carboxylic acids is 2. The maximum absolute atomic E-state index is 12.7. The molecule has 1 heterocycles. The van der Waals surface area contributed by atoms with Crippen molar-refractivity contribution >= 4 is 45.4 Å². The second-order valence-electron chi connectivity index (χ2n) is 5.67. The minimum absolute atomic E-state index is 0.149. The fourth-order valence-corrected chi connectivity index (χ4v) is 2.71. The van der Waals surface area contributed by atoms with Gasteiger partial charge in [-0.25, -0.2) is 9.59 Å². The van der Waals surface area contributed by atoms with Crippen molar-refractivity contribution in [1.29, 1.82) is 0 Å². The van der Waals surface area contributed by atoms with E-state index >= 15 is 0 Å². The largest absolute Gasteiger partial charge is 0.450 e. The van der Waals surface area contributed by atoms with Crippen molar-refractivity contribution in [2.24, 2.45) is 0 Å². The highest BCUT2D eigenvalue weighted by atomic mass is 16.6. The molecule has 0 aliphatic heterocycles. The van der Waals surface area contributed by atoms with E-state index in [1.807, 2.05) is 0 Å². The number of ether oxygens (including phenoxy) is 2. The van der Waals surface area contributed by atoms with Crippen molar-refractivity contribution in [3.63, 3.8) is 0 Å². The summed E-state index contributed by atoms with van der Waals surface area (Å²) in [6, 6.07) is 9.85. The zero-order chi connectivity index (χ0) is 19.4. The molecule has 3 aromatic rings. The summed E-state index contributed by atoms with van der Waals surface area (Å²) < 4.78 is 9.70. The van der Waals surface area contributed by atoms with E-state index in [0.29, 0.717) is 33.2 Å². The highest BCUT2D eigenvalue weighted by Crippen LogP contribution is 2.21. The highest BCUT2D eigenvalue weighted by Gasteiger charge is 2.10. The Labute approximate surface area is 154 Å². The van der Waals surface area contributed by atoms with Crippen molar-refractivity contribution in [3.8, 4) is 0 Å². The molecule has 0 atom stereocenters. The Balaban J connectivity index is 2.01. The smallest absolute Gasteiger partial charge is 0.411 e. The van der Waals surface area contributed by atoms with Crippen LogP contribution in [0.3, 0.4) is 0 Å². The maximum Gasteiger partial charge on any atom is 0.411 e. The summed E-state index contributed by atoms with van der Waals surface area (Å²) in [5.74, 6) is 0. The lowest BCUT2D eigenvalue weighted by Crippen LogP contribution is -2.14. The minimum Gasteiger partial charge on any atom is -0.450 e. The van der Waals surface area contributed by atoms with Crippen LogP contribution in [0.1, 0.15) is 13.8 Å². The molecule has 27 heavy (non-hydrogen) atoms. The van der Waals surface area contributed by atoms with Crippen molar-refractivity contribution in [2.45, 2.75) is 13.8 Å². The van der Waals surface area contributed by atoms with Crippen LogP contribution in [0.25, 0.3) is 21.8 Å². The summed E-state index contributed by atoms with van der Waals surface area (Å²) in [5, 5.41) is 6.17. The Hall–Kier alpha value is -3.55. The number of carbonyl (C=O) groups is 2. The number of fused-ring (bicyclic) bond motifs is 2. The maximum atomic E-state index is 12.7. The molecule has 8 heteroatoms. The van der Waals surface area contributed by atoms with Gasteiger partial charge in [-0.05, 0) is 50.2 Å².